The van der Waals surface area contributed by atoms with E-state index in [1.54, 1.807) is 36.4 Å². The Morgan fingerprint density at radius 1 is 0.875 bits per heavy atom. The highest BCUT2D eigenvalue weighted by Crippen LogP contribution is 2.27. The minimum absolute atomic E-state index is 0.168. The van der Waals surface area contributed by atoms with E-state index in [1.807, 2.05) is 0 Å². The number of methoxy groups -OCH3 is 2. The maximum atomic E-state index is 12.2. The molecule has 0 radical (unpaired) electrons. The van der Waals surface area contributed by atoms with E-state index in [0.717, 1.165) is 0 Å². The number of furan rings is 1. The van der Waals surface area contributed by atoms with E-state index < -0.39 is 17.7 Å². The molecule has 0 spiro atoms. The Morgan fingerprint density at radius 2 is 1.69 bits per heavy atom. The summed E-state index contributed by atoms with van der Waals surface area (Å²) in [7, 11) is 2.94. The molecule has 1 heterocycles. The van der Waals surface area contributed by atoms with Gasteiger partial charge in [0.05, 0.1) is 20.5 Å². The molecule has 3 N–H and O–H groups in total. The number of hydrogen-bond acceptors (Lipinski definition) is 7. The maximum absolute atomic E-state index is 12.2. The van der Waals surface area contributed by atoms with Gasteiger partial charge < -0.3 is 23.9 Å². The first kappa shape index (κ1) is 22.2. The third-order valence-corrected chi connectivity index (χ3v) is 4.17. The van der Waals surface area contributed by atoms with E-state index in [0.29, 0.717) is 22.9 Å². The van der Waals surface area contributed by atoms with Gasteiger partial charge in [0, 0.05) is 17.3 Å². The summed E-state index contributed by atoms with van der Waals surface area (Å²) in [6, 6.07) is 14.2. The van der Waals surface area contributed by atoms with Gasteiger partial charge in [0.2, 0.25) is 0 Å². The van der Waals surface area contributed by atoms with Crippen LogP contribution in [0.2, 0.25) is 0 Å². The van der Waals surface area contributed by atoms with E-state index >= 15 is 0 Å². The van der Waals surface area contributed by atoms with Crippen LogP contribution in [-0.4, -0.2) is 38.5 Å². The van der Waals surface area contributed by atoms with Crippen molar-refractivity contribution >= 4 is 23.4 Å². The molecule has 3 rings (SSSR count). The number of benzene rings is 2. The lowest BCUT2D eigenvalue weighted by atomic mass is 10.2. The second-order valence-corrected chi connectivity index (χ2v) is 6.32. The Kier molecular flexibility index (Phi) is 7.31. The Balaban J connectivity index is 1.48. The fourth-order valence-corrected chi connectivity index (χ4v) is 2.63. The molecule has 0 unspecified atom stereocenters. The normalized spacial score (nSPS) is 10.1. The molecule has 2 aromatic carbocycles. The predicted octanol–water partition coefficient (Wildman–Crippen LogP) is 2.39. The molecule has 0 saturated heterocycles. The first-order valence-corrected chi connectivity index (χ1v) is 9.39. The SMILES string of the molecule is COc1ccc(C(=O)NNC(=O)COc2cccc(NC(=O)c3ccco3)c2)cc1OC. The molecule has 0 aliphatic heterocycles. The molecule has 10 nitrogen and oxygen atoms in total. The van der Waals surface area contributed by atoms with Gasteiger partial charge in [-0.1, -0.05) is 6.07 Å². The van der Waals surface area contributed by atoms with Crippen LogP contribution in [0.4, 0.5) is 5.69 Å². The fourth-order valence-electron chi connectivity index (χ4n) is 2.63. The average molecular weight is 439 g/mol. The zero-order valence-electron chi connectivity index (χ0n) is 17.3. The van der Waals surface area contributed by atoms with E-state index in [-0.39, 0.29) is 17.9 Å². The van der Waals surface area contributed by atoms with Crippen LogP contribution in [0, 0.1) is 0 Å². The number of anilines is 1. The van der Waals surface area contributed by atoms with Crippen molar-refractivity contribution in [2.45, 2.75) is 0 Å². The summed E-state index contributed by atoms with van der Waals surface area (Å²) in [4.78, 5) is 36.3. The van der Waals surface area contributed by atoms with Crippen molar-refractivity contribution < 1.29 is 33.0 Å². The zero-order chi connectivity index (χ0) is 22.9. The van der Waals surface area contributed by atoms with Crippen LogP contribution in [0.25, 0.3) is 0 Å². The van der Waals surface area contributed by atoms with Crippen molar-refractivity contribution in [3.8, 4) is 17.2 Å². The third kappa shape index (κ3) is 5.79. The van der Waals surface area contributed by atoms with Crippen LogP contribution in [0.1, 0.15) is 20.9 Å². The van der Waals surface area contributed by atoms with Gasteiger partial charge in [-0.25, -0.2) is 0 Å². The van der Waals surface area contributed by atoms with Gasteiger partial charge in [-0.3, -0.25) is 25.2 Å². The topological polar surface area (TPSA) is 128 Å². The number of carbonyl (C=O) groups is 3. The first-order chi connectivity index (χ1) is 15.5. The van der Waals surface area contributed by atoms with Gasteiger partial charge in [-0.05, 0) is 42.5 Å². The van der Waals surface area contributed by atoms with Crippen molar-refractivity contribution in [2.24, 2.45) is 0 Å². The molecule has 1 aromatic heterocycles. The smallest absolute Gasteiger partial charge is 0.291 e. The lowest BCUT2D eigenvalue weighted by Crippen LogP contribution is -2.43. The van der Waals surface area contributed by atoms with Crippen LogP contribution < -0.4 is 30.4 Å². The highest BCUT2D eigenvalue weighted by Gasteiger charge is 2.12. The van der Waals surface area contributed by atoms with Crippen molar-refractivity contribution in [1.82, 2.24) is 10.9 Å². The molecule has 166 valence electrons. The van der Waals surface area contributed by atoms with Crippen molar-refractivity contribution in [1.29, 1.82) is 0 Å². The monoisotopic (exact) mass is 439 g/mol. The number of carbonyl (C=O) groups excluding carboxylic acids is 3. The molecule has 32 heavy (non-hydrogen) atoms. The fraction of sp³-hybridized carbons (Fsp3) is 0.136. The Labute approximate surface area is 183 Å². The van der Waals surface area contributed by atoms with Gasteiger partial charge in [0.15, 0.2) is 23.9 Å². The second-order valence-electron chi connectivity index (χ2n) is 6.32. The number of ether oxygens (including phenoxy) is 3. The standard InChI is InChI=1S/C22H21N3O7/c1-29-17-9-8-14(11-19(17)30-2)21(27)25-24-20(26)13-32-16-6-3-5-15(12-16)23-22(28)18-7-4-10-31-18/h3-12H,13H2,1-2H3,(H,23,28)(H,24,26)(H,25,27). The van der Waals surface area contributed by atoms with Crippen molar-refractivity contribution in [3.63, 3.8) is 0 Å². The molecule has 0 fully saturated rings. The average Bonchev–Trinajstić information content (AvgIpc) is 3.36. The van der Waals surface area contributed by atoms with Crippen LogP contribution in [0.5, 0.6) is 17.2 Å². The molecule has 0 aliphatic rings. The van der Waals surface area contributed by atoms with Crippen molar-refractivity contribution in [3.05, 3.63) is 72.2 Å². The van der Waals surface area contributed by atoms with Crippen LogP contribution in [0.3, 0.4) is 0 Å². The summed E-state index contributed by atoms with van der Waals surface area (Å²) in [6.07, 6.45) is 1.40. The van der Waals surface area contributed by atoms with Gasteiger partial charge >= 0.3 is 0 Å². The summed E-state index contributed by atoms with van der Waals surface area (Å²) < 4.78 is 20.7. The summed E-state index contributed by atoms with van der Waals surface area (Å²) in [6.45, 7) is -0.359. The first-order valence-electron chi connectivity index (χ1n) is 9.39. The van der Waals surface area contributed by atoms with E-state index in [1.165, 1.54) is 38.7 Å². The minimum Gasteiger partial charge on any atom is -0.493 e. The summed E-state index contributed by atoms with van der Waals surface area (Å²) in [5.74, 6) is -0.156. The zero-order valence-corrected chi connectivity index (χ0v) is 17.3. The molecule has 3 aromatic rings. The molecule has 10 heteroatoms. The quantitative estimate of drug-likeness (QED) is 0.460. The number of nitrogens with one attached hydrogen (secondary N) is 3. The Bertz CT molecular complexity index is 1100. The lowest BCUT2D eigenvalue weighted by Gasteiger charge is -2.11. The third-order valence-electron chi connectivity index (χ3n) is 4.17. The molecule has 0 bridgehead atoms. The summed E-state index contributed by atoms with van der Waals surface area (Å²) >= 11 is 0. The van der Waals surface area contributed by atoms with E-state index in [4.69, 9.17) is 18.6 Å². The number of amides is 3. The van der Waals surface area contributed by atoms with Crippen LogP contribution in [0.15, 0.2) is 65.3 Å². The largest absolute Gasteiger partial charge is 0.493 e. The number of hydrazine groups is 1. The highest BCUT2D eigenvalue weighted by molar-refractivity contribution is 6.02. The van der Waals surface area contributed by atoms with E-state index in [9.17, 15) is 14.4 Å². The molecular formula is C22H21N3O7. The molecular weight excluding hydrogens is 418 g/mol. The summed E-state index contributed by atoms with van der Waals surface area (Å²) in [5.41, 5.74) is 5.29. The van der Waals surface area contributed by atoms with Crippen molar-refractivity contribution in [2.75, 3.05) is 26.1 Å². The van der Waals surface area contributed by atoms with E-state index in [2.05, 4.69) is 16.2 Å². The van der Waals surface area contributed by atoms with Gasteiger partial charge in [0.25, 0.3) is 17.7 Å². The molecule has 3 amide bonds. The Morgan fingerprint density at radius 3 is 2.41 bits per heavy atom. The maximum Gasteiger partial charge on any atom is 0.291 e. The van der Waals surface area contributed by atoms with Crippen LogP contribution >= 0.6 is 0 Å². The van der Waals surface area contributed by atoms with Gasteiger partial charge in [-0.15, -0.1) is 0 Å². The number of rotatable bonds is 8. The second kappa shape index (κ2) is 10.5. The molecule has 0 aliphatic carbocycles. The minimum atomic E-state index is -0.580. The number of hydrogen-bond donors (Lipinski definition) is 3. The predicted molar refractivity (Wildman–Crippen MR) is 114 cm³/mol. The highest BCUT2D eigenvalue weighted by atomic mass is 16.5. The van der Waals surface area contributed by atoms with Gasteiger partial charge in [0.1, 0.15) is 5.75 Å². The lowest BCUT2D eigenvalue weighted by molar-refractivity contribution is -0.123. The van der Waals surface area contributed by atoms with Crippen LogP contribution in [-0.2, 0) is 4.79 Å². The summed E-state index contributed by atoms with van der Waals surface area (Å²) in [5, 5.41) is 2.66. The Hall–Kier alpha value is -4.47. The van der Waals surface area contributed by atoms with Gasteiger partial charge in [-0.2, -0.15) is 0 Å². The molecule has 0 saturated carbocycles. The molecule has 0 atom stereocenters.